The van der Waals surface area contributed by atoms with Gasteiger partial charge in [0.2, 0.25) is 0 Å². The molecule has 6 nitrogen and oxygen atoms in total. The van der Waals surface area contributed by atoms with Crippen LogP contribution in [-0.2, 0) is 14.3 Å². The number of carbonyl (C=O) groups is 2. The number of nitrogens with one attached hydrogen (secondary N) is 1. The predicted molar refractivity (Wildman–Crippen MR) is 77.2 cm³/mol. The maximum atomic E-state index is 12.8. The second-order valence-corrected chi connectivity index (χ2v) is 5.21. The molecule has 1 atom stereocenters. The first-order chi connectivity index (χ1) is 10.3. The summed E-state index contributed by atoms with van der Waals surface area (Å²) in [5.74, 6) is -1.84. The Morgan fingerprint density at radius 3 is 2.41 bits per heavy atom. The van der Waals surface area contributed by atoms with Gasteiger partial charge in [-0.05, 0) is 38.1 Å². The highest BCUT2D eigenvalue weighted by molar-refractivity contribution is 5.88. The van der Waals surface area contributed by atoms with Crippen LogP contribution in [0, 0.1) is 5.82 Å². The van der Waals surface area contributed by atoms with Crippen LogP contribution >= 0.6 is 0 Å². The monoisotopic (exact) mass is 313 g/mol. The van der Waals surface area contributed by atoms with E-state index in [9.17, 15) is 14.0 Å². The molecule has 7 heteroatoms. The number of amides is 1. The number of methoxy groups -OCH3 is 1. The molecule has 0 fully saturated rings. The molecule has 0 saturated heterocycles. The lowest BCUT2D eigenvalue weighted by Gasteiger charge is -2.27. The number of rotatable bonds is 8. The molecule has 0 aromatic heterocycles. The summed E-state index contributed by atoms with van der Waals surface area (Å²) in [6, 6.07) is 4.14. The summed E-state index contributed by atoms with van der Waals surface area (Å²) in [6.07, 6.45) is 0.143. The van der Waals surface area contributed by atoms with Crippen LogP contribution in [0.4, 0.5) is 4.39 Å². The van der Waals surface area contributed by atoms with Crippen LogP contribution in [0.3, 0.4) is 0 Å². The van der Waals surface area contributed by atoms with Gasteiger partial charge in [0.05, 0.1) is 0 Å². The van der Waals surface area contributed by atoms with E-state index in [2.05, 4.69) is 5.32 Å². The normalized spacial score (nSPS) is 12.5. The first-order valence-electron chi connectivity index (χ1n) is 6.73. The van der Waals surface area contributed by atoms with Crippen molar-refractivity contribution in [1.82, 2.24) is 5.32 Å². The Morgan fingerprint density at radius 1 is 1.32 bits per heavy atom. The zero-order valence-corrected chi connectivity index (χ0v) is 12.8. The number of aliphatic carboxylic acids is 1. The fourth-order valence-electron chi connectivity index (χ4n) is 1.67. The predicted octanol–water partition coefficient (Wildman–Crippen LogP) is 1.59. The average Bonchev–Trinajstić information content (AvgIpc) is 2.45. The van der Waals surface area contributed by atoms with Crippen LogP contribution < -0.4 is 10.1 Å². The van der Waals surface area contributed by atoms with E-state index >= 15 is 0 Å². The molecule has 0 spiro atoms. The molecule has 0 radical (unpaired) electrons. The topological polar surface area (TPSA) is 84.9 Å². The van der Waals surface area contributed by atoms with Crippen molar-refractivity contribution in [3.63, 3.8) is 0 Å². The molecule has 0 saturated carbocycles. The van der Waals surface area contributed by atoms with Gasteiger partial charge >= 0.3 is 5.97 Å². The molecule has 1 aromatic rings. The minimum absolute atomic E-state index is 0.143. The molecule has 0 aliphatic rings. The van der Waals surface area contributed by atoms with Crippen LogP contribution in [-0.4, -0.2) is 42.3 Å². The van der Waals surface area contributed by atoms with Gasteiger partial charge in [0.25, 0.3) is 5.91 Å². The first-order valence-corrected chi connectivity index (χ1v) is 6.73. The molecule has 0 aliphatic carbocycles. The highest BCUT2D eigenvalue weighted by Gasteiger charge is 2.33. The molecular formula is C15H20FNO5. The molecular weight excluding hydrogens is 293 g/mol. The number of carboxylic acids is 1. The number of carbonyl (C=O) groups excluding carboxylic acids is 1. The van der Waals surface area contributed by atoms with Gasteiger partial charge in [-0.25, -0.2) is 9.18 Å². The van der Waals surface area contributed by atoms with Gasteiger partial charge in [0.1, 0.15) is 17.6 Å². The van der Waals surface area contributed by atoms with E-state index in [4.69, 9.17) is 14.6 Å². The molecule has 0 aliphatic heterocycles. The van der Waals surface area contributed by atoms with E-state index < -0.39 is 29.3 Å². The maximum absolute atomic E-state index is 12.8. The molecule has 0 heterocycles. The molecule has 2 N–H and O–H groups in total. The summed E-state index contributed by atoms with van der Waals surface area (Å²) in [4.78, 5) is 23.3. The second-order valence-electron chi connectivity index (χ2n) is 5.21. The minimum Gasteiger partial charge on any atom is -0.480 e. The Morgan fingerprint density at radius 2 is 1.91 bits per heavy atom. The lowest BCUT2D eigenvalue weighted by atomic mass is 10.1. The minimum atomic E-state index is -1.31. The fraction of sp³-hybridized carbons (Fsp3) is 0.467. The molecule has 1 amide bonds. The van der Waals surface area contributed by atoms with Crippen molar-refractivity contribution in [2.24, 2.45) is 0 Å². The van der Waals surface area contributed by atoms with Crippen molar-refractivity contribution in [3.8, 4) is 5.75 Å². The largest absolute Gasteiger partial charge is 0.480 e. The third-order valence-corrected chi connectivity index (χ3v) is 2.95. The number of hydrogen-bond acceptors (Lipinski definition) is 4. The Balaban J connectivity index is 2.71. The number of carboxylic acid groups (broad SMARTS) is 1. The summed E-state index contributed by atoms with van der Waals surface area (Å²) in [6.45, 7) is 3.21. The van der Waals surface area contributed by atoms with Gasteiger partial charge in [0.15, 0.2) is 5.60 Å². The molecule has 122 valence electrons. The van der Waals surface area contributed by atoms with Crippen molar-refractivity contribution in [2.45, 2.75) is 31.9 Å². The summed E-state index contributed by atoms with van der Waals surface area (Å²) in [5.41, 5.74) is -1.31. The lowest BCUT2D eigenvalue weighted by Crippen LogP contribution is -2.52. The van der Waals surface area contributed by atoms with Crippen LogP contribution in [0.25, 0.3) is 0 Å². The van der Waals surface area contributed by atoms with Crippen LogP contribution in [0.15, 0.2) is 24.3 Å². The quantitative estimate of drug-likeness (QED) is 0.761. The third-order valence-electron chi connectivity index (χ3n) is 2.95. The maximum Gasteiger partial charge on any atom is 0.326 e. The lowest BCUT2D eigenvalue weighted by molar-refractivity contribution is -0.145. The second kappa shape index (κ2) is 7.74. The zero-order chi connectivity index (χ0) is 16.8. The standard InChI is InChI=1S/C15H20FNO5/c1-15(2,22-11-6-4-10(16)5-7-11)14(20)17-12(13(18)19)8-9-21-3/h4-7,12H,8-9H2,1-3H3,(H,17,20)(H,18,19). The first kappa shape index (κ1) is 17.9. The van der Waals surface area contributed by atoms with E-state index in [-0.39, 0.29) is 13.0 Å². The van der Waals surface area contributed by atoms with E-state index in [0.717, 1.165) is 0 Å². The van der Waals surface area contributed by atoms with Crippen molar-refractivity contribution in [3.05, 3.63) is 30.1 Å². The number of halogens is 1. The van der Waals surface area contributed by atoms with Crippen LogP contribution in [0.1, 0.15) is 20.3 Å². The number of ether oxygens (including phenoxy) is 2. The van der Waals surface area contributed by atoms with E-state index in [0.29, 0.717) is 5.75 Å². The molecule has 1 rings (SSSR count). The van der Waals surface area contributed by atoms with Gasteiger partial charge in [-0.1, -0.05) is 0 Å². The number of benzene rings is 1. The van der Waals surface area contributed by atoms with Crippen molar-refractivity contribution < 1.29 is 28.6 Å². The molecule has 1 aromatic carbocycles. The van der Waals surface area contributed by atoms with Gasteiger partial charge < -0.3 is 19.9 Å². The fourth-order valence-corrected chi connectivity index (χ4v) is 1.67. The van der Waals surface area contributed by atoms with Crippen LogP contribution in [0.5, 0.6) is 5.75 Å². The SMILES string of the molecule is COCCC(NC(=O)C(C)(C)Oc1ccc(F)cc1)C(=O)O. The van der Waals surface area contributed by atoms with Gasteiger partial charge in [-0.2, -0.15) is 0 Å². The molecule has 0 bridgehead atoms. The Bertz CT molecular complexity index is 515. The summed E-state index contributed by atoms with van der Waals surface area (Å²) in [7, 11) is 1.45. The summed E-state index contributed by atoms with van der Waals surface area (Å²) in [5, 5.41) is 11.5. The molecule has 22 heavy (non-hydrogen) atoms. The van der Waals surface area contributed by atoms with Crippen molar-refractivity contribution >= 4 is 11.9 Å². The highest BCUT2D eigenvalue weighted by Crippen LogP contribution is 2.19. The van der Waals surface area contributed by atoms with E-state index in [1.165, 1.54) is 45.2 Å². The van der Waals surface area contributed by atoms with Crippen LogP contribution in [0.2, 0.25) is 0 Å². The molecule has 1 unspecified atom stereocenters. The Hall–Kier alpha value is -2.15. The Kier molecular flexibility index (Phi) is 6.30. The number of hydrogen-bond donors (Lipinski definition) is 2. The summed E-state index contributed by atoms with van der Waals surface area (Å²) >= 11 is 0. The summed E-state index contributed by atoms with van der Waals surface area (Å²) < 4.78 is 23.2. The van der Waals surface area contributed by atoms with E-state index in [1.54, 1.807) is 0 Å². The Labute approximate surface area is 128 Å². The van der Waals surface area contributed by atoms with Crippen molar-refractivity contribution in [2.75, 3.05) is 13.7 Å². The third kappa shape index (κ3) is 5.33. The zero-order valence-electron chi connectivity index (χ0n) is 12.8. The van der Waals surface area contributed by atoms with Gasteiger partial charge in [-0.15, -0.1) is 0 Å². The highest BCUT2D eigenvalue weighted by atomic mass is 19.1. The average molecular weight is 313 g/mol. The van der Waals surface area contributed by atoms with Gasteiger partial charge in [0, 0.05) is 20.1 Å². The van der Waals surface area contributed by atoms with Crippen molar-refractivity contribution in [1.29, 1.82) is 0 Å². The van der Waals surface area contributed by atoms with Gasteiger partial charge in [-0.3, -0.25) is 4.79 Å². The van der Waals surface area contributed by atoms with E-state index in [1.807, 2.05) is 0 Å². The smallest absolute Gasteiger partial charge is 0.326 e.